The fourth-order valence-corrected chi connectivity index (χ4v) is 4.85. The van der Waals surface area contributed by atoms with E-state index in [0.717, 1.165) is 58.3 Å². The Morgan fingerprint density at radius 2 is 1.97 bits per heavy atom. The van der Waals surface area contributed by atoms with Crippen LogP contribution in [0.5, 0.6) is 0 Å². The highest BCUT2D eigenvalue weighted by molar-refractivity contribution is 5.92. The van der Waals surface area contributed by atoms with Crippen LogP contribution in [0.15, 0.2) is 42.9 Å². The lowest BCUT2D eigenvalue weighted by molar-refractivity contribution is -0.186. The van der Waals surface area contributed by atoms with E-state index in [4.69, 9.17) is 9.57 Å². The van der Waals surface area contributed by atoms with Crippen molar-refractivity contribution in [1.82, 2.24) is 25.3 Å². The number of carbonyl (C=O) groups is 1. The smallest absolute Gasteiger partial charge is 0.278 e. The molecule has 1 aromatic carbocycles. The summed E-state index contributed by atoms with van der Waals surface area (Å²) in [5, 5.41) is 4.98. The van der Waals surface area contributed by atoms with Gasteiger partial charge in [0.25, 0.3) is 5.91 Å². The SMILES string of the molecule is Cn1ccc2c(CNCC3CCN(c4ncc(C(=O)NOC5CCCCO5)cn4)CC3)cccc21. The van der Waals surface area contributed by atoms with E-state index in [-0.39, 0.29) is 12.2 Å². The van der Waals surface area contributed by atoms with Crippen molar-refractivity contribution in [1.29, 1.82) is 0 Å². The van der Waals surface area contributed by atoms with Crippen molar-refractivity contribution in [3.05, 3.63) is 54.0 Å². The van der Waals surface area contributed by atoms with Gasteiger partial charge in [-0.25, -0.2) is 20.3 Å². The number of aryl methyl sites for hydroxylation is 1. The number of piperidine rings is 1. The Morgan fingerprint density at radius 3 is 2.74 bits per heavy atom. The van der Waals surface area contributed by atoms with Crippen LogP contribution in [0.1, 0.15) is 48.0 Å². The molecule has 2 N–H and O–H groups in total. The molecule has 2 aliphatic rings. The Morgan fingerprint density at radius 1 is 1.14 bits per heavy atom. The fraction of sp³-hybridized carbons (Fsp3) is 0.500. The molecule has 9 nitrogen and oxygen atoms in total. The van der Waals surface area contributed by atoms with Crippen LogP contribution in [0.3, 0.4) is 0 Å². The topological polar surface area (TPSA) is 93.5 Å². The summed E-state index contributed by atoms with van der Waals surface area (Å²) in [4.78, 5) is 28.7. The first-order valence-corrected chi connectivity index (χ1v) is 12.6. The largest absolute Gasteiger partial charge is 0.351 e. The molecule has 0 saturated carbocycles. The Balaban J connectivity index is 1.05. The molecule has 3 aromatic rings. The maximum Gasteiger partial charge on any atom is 0.278 e. The number of nitrogens with zero attached hydrogens (tertiary/aromatic N) is 4. The van der Waals surface area contributed by atoms with Gasteiger partial charge in [-0.1, -0.05) is 12.1 Å². The third-order valence-electron chi connectivity index (χ3n) is 6.99. The Hall–Kier alpha value is -3.01. The summed E-state index contributed by atoms with van der Waals surface area (Å²) >= 11 is 0. The average molecular weight is 479 g/mol. The first-order chi connectivity index (χ1) is 17.2. The number of carbonyl (C=O) groups excluding carboxylic acids is 1. The van der Waals surface area contributed by atoms with Crippen molar-refractivity contribution in [2.24, 2.45) is 13.0 Å². The summed E-state index contributed by atoms with van der Waals surface area (Å²) in [5.41, 5.74) is 5.43. The maximum atomic E-state index is 12.3. The average Bonchev–Trinajstić information content (AvgIpc) is 3.30. The number of benzene rings is 1. The molecule has 2 aliphatic heterocycles. The molecule has 0 bridgehead atoms. The number of hydrogen-bond acceptors (Lipinski definition) is 7. The summed E-state index contributed by atoms with van der Waals surface area (Å²) in [7, 11) is 2.08. The van der Waals surface area contributed by atoms with E-state index < -0.39 is 0 Å². The molecule has 0 spiro atoms. The summed E-state index contributed by atoms with van der Waals surface area (Å²) in [6.45, 7) is 4.37. The van der Waals surface area contributed by atoms with Gasteiger partial charge >= 0.3 is 0 Å². The number of rotatable bonds is 8. The van der Waals surface area contributed by atoms with E-state index in [1.54, 1.807) is 12.4 Å². The van der Waals surface area contributed by atoms with Gasteiger partial charge in [-0.15, -0.1) is 0 Å². The van der Waals surface area contributed by atoms with Gasteiger partial charge in [-0.05, 0) is 55.8 Å². The highest BCUT2D eigenvalue weighted by atomic mass is 16.8. The van der Waals surface area contributed by atoms with Crippen molar-refractivity contribution < 1.29 is 14.4 Å². The molecular formula is C26H34N6O3. The summed E-state index contributed by atoms with van der Waals surface area (Å²) in [5.74, 6) is 0.937. The number of amides is 1. The van der Waals surface area contributed by atoms with Gasteiger partial charge in [0.05, 0.1) is 5.56 Å². The normalized spacial score (nSPS) is 19.2. The Labute approximate surface area is 205 Å². The highest BCUT2D eigenvalue weighted by Crippen LogP contribution is 2.22. The second kappa shape index (κ2) is 11.2. The number of nitrogens with one attached hydrogen (secondary N) is 2. The minimum absolute atomic E-state index is 0.360. The standard InChI is InChI=1S/C26H34N6O3/c1-31-11-10-22-20(5-4-6-23(22)31)16-27-15-19-8-12-32(13-9-19)26-28-17-21(18-29-26)25(33)30-35-24-7-2-3-14-34-24/h4-6,10-11,17-19,24,27H,2-3,7-9,12-16H2,1H3,(H,30,33). The van der Waals surface area contributed by atoms with Crippen molar-refractivity contribution in [2.45, 2.75) is 44.9 Å². The molecule has 186 valence electrons. The third-order valence-corrected chi connectivity index (χ3v) is 6.99. The molecule has 2 saturated heterocycles. The van der Waals surface area contributed by atoms with Crippen LogP contribution in [0, 0.1) is 5.92 Å². The fourth-order valence-electron chi connectivity index (χ4n) is 4.85. The van der Waals surface area contributed by atoms with Gasteiger partial charge in [-0.3, -0.25) is 4.79 Å². The van der Waals surface area contributed by atoms with Crippen molar-refractivity contribution >= 4 is 22.8 Å². The molecule has 2 aromatic heterocycles. The lowest BCUT2D eigenvalue weighted by atomic mass is 9.97. The summed E-state index contributed by atoms with van der Waals surface area (Å²) < 4.78 is 7.62. The molecule has 0 radical (unpaired) electrons. The number of ether oxygens (including phenoxy) is 1. The van der Waals surface area contributed by atoms with Crippen LogP contribution < -0.4 is 15.7 Å². The van der Waals surface area contributed by atoms with Crippen LogP contribution in [-0.2, 0) is 23.2 Å². The molecular weight excluding hydrogens is 444 g/mol. The minimum atomic E-state index is -0.379. The zero-order valence-corrected chi connectivity index (χ0v) is 20.3. The van der Waals surface area contributed by atoms with E-state index in [1.807, 2.05) is 0 Å². The first-order valence-electron chi connectivity index (χ1n) is 12.6. The van der Waals surface area contributed by atoms with Crippen LogP contribution >= 0.6 is 0 Å². The predicted molar refractivity (Wildman–Crippen MR) is 134 cm³/mol. The van der Waals surface area contributed by atoms with Gasteiger partial charge in [0.1, 0.15) is 0 Å². The lowest BCUT2D eigenvalue weighted by Crippen LogP contribution is -2.38. The van der Waals surface area contributed by atoms with Crippen LogP contribution in [0.25, 0.3) is 10.9 Å². The van der Waals surface area contributed by atoms with E-state index in [9.17, 15) is 4.79 Å². The van der Waals surface area contributed by atoms with E-state index >= 15 is 0 Å². The van der Waals surface area contributed by atoms with Gasteiger partial charge in [0.15, 0.2) is 6.29 Å². The molecule has 4 heterocycles. The van der Waals surface area contributed by atoms with Gasteiger partial charge in [-0.2, -0.15) is 0 Å². The maximum absolute atomic E-state index is 12.3. The van der Waals surface area contributed by atoms with Gasteiger partial charge < -0.3 is 19.5 Å². The zero-order chi connectivity index (χ0) is 24.0. The molecule has 1 atom stereocenters. The van der Waals surface area contributed by atoms with Crippen LogP contribution in [0.4, 0.5) is 5.95 Å². The van der Waals surface area contributed by atoms with Crippen LogP contribution in [0.2, 0.25) is 0 Å². The third kappa shape index (κ3) is 5.80. The van der Waals surface area contributed by atoms with E-state index in [1.165, 1.54) is 16.5 Å². The second-order valence-corrected chi connectivity index (χ2v) is 9.45. The Bertz CT molecular complexity index is 1120. The Kier molecular flexibility index (Phi) is 7.56. The highest BCUT2D eigenvalue weighted by Gasteiger charge is 2.22. The van der Waals surface area contributed by atoms with Gasteiger partial charge in [0.2, 0.25) is 5.95 Å². The van der Waals surface area contributed by atoms with E-state index in [2.05, 4.69) is 67.7 Å². The number of hydrogen-bond donors (Lipinski definition) is 2. The van der Waals surface area contributed by atoms with Crippen LogP contribution in [-0.4, -0.2) is 53.0 Å². The number of aromatic nitrogens is 3. The molecule has 5 rings (SSSR count). The lowest BCUT2D eigenvalue weighted by Gasteiger charge is -2.32. The predicted octanol–water partition coefficient (Wildman–Crippen LogP) is 3.16. The molecule has 9 heteroatoms. The number of hydroxylamine groups is 1. The monoisotopic (exact) mass is 478 g/mol. The second-order valence-electron chi connectivity index (χ2n) is 9.45. The summed E-state index contributed by atoms with van der Waals surface area (Å²) in [6, 6.07) is 8.69. The minimum Gasteiger partial charge on any atom is -0.351 e. The van der Waals surface area contributed by atoms with Crippen molar-refractivity contribution in [2.75, 3.05) is 31.1 Å². The van der Waals surface area contributed by atoms with Crippen molar-refractivity contribution in [3.8, 4) is 0 Å². The molecule has 0 aliphatic carbocycles. The van der Waals surface area contributed by atoms with Gasteiger partial charge in [0, 0.05) is 69.2 Å². The number of anilines is 1. The zero-order valence-electron chi connectivity index (χ0n) is 20.3. The van der Waals surface area contributed by atoms with E-state index in [0.29, 0.717) is 24.0 Å². The molecule has 2 fully saturated rings. The molecule has 1 unspecified atom stereocenters. The number of fused-ring (bicyclic) bond motifs is 1. The molecule has 35 heavy (non-hydrogen) atoms. The molecule has 1 amide bonds. The van der Waals surface area contributed by atoms with Crippen molar-refractivity contribution in [3.63, 3.8) is 0 Å². The first kappa shape index (κ1) is 23.7. The quantitative estimate of drug-likeness (QED) is 0.481. The summed E-state index contributed by atoms with van der Waals surface area (Å²) in [6.07, 6.45) is 9.87.